The zero-order valence-corrected chi connectivity index (χ0v) is 11.2. The number of amides is 2. The Morgan fingerprint density at radius 2 is 1.74 bits per heavy atom. The van der Waals surface area contributed by atoms with Gasteiger partial charge in [0, 0.05) is 44.5 Å². The van der Waals surface area contributed by atoms with E-state index in [0.717, 1.165) is 0 Å². The second kappa shape index (κ2) is 5.77. The van der Waals surface area contributed by atoms with Crippen LogP contribution in [0, 0.1) is 5.92 Å². The molecule has 0 radical (unpaired) electrons. The van der Waals surface area contributed by atoms with Crippen LogP contribution in [0.5, 0.6) is 0 Å². The quantitative estimate of drug-likeness (QED) is 0.774. The summed E-state index contributed by atoms with van der Waals surface area (Å²) in [5, 5.41) is 0. The largest absolute Gasteiger partial charge is 0.339 e. The Kier molecular flexibility index (Phi) is 4.09. The lowest BCUT2D eigenvalue weighted by Crippen LogP contribution is -2.51. The first-order valence-corrected chi connectivity index (χ1v) is 6.43. The number of carbonyl (C=O) groups is 2. The Bertz CT molecular complexity index is 453. The van der Waals surface area contributed by atoms with Crippen LogP contribution in [0.4, 0.5) is 0 Å². The monoisotopic (exact) mass is 262 g/mol. The van der Waals surface area contributed by atoms with Crippen LogP contribution < -0.4 is 0 Å². The molecule has 0 unspecified atom stereocenters. The molecule has 1 aliphatic rings. The molecule has 0 spiro atoms. The summed E-state index contributed by atoms with van der Waals surface area (Å²) >= 11 is 0. The Balaban J connectivity index is 1.94. The third-order valence-electron chi connectivity index (χ3n) is 3.15. The topological polar surface area (TPSA) is 66.4 Å². The molecule has 0 atom stereocenters. The highest BCUT2D eigenvalue weighted by molar-refractivity contribution is 5.92. The lowest BCUT2D eigenvalue weighted by atomic mass is 10.1. The molecule has 19 heavy (non-hydrogen) atoms. The molecule has 0 aliphatic carbocycles. The van der Waals surface area contributed by atoms with Crippen LogP contribution in [-0.2, 0) is 4.79 Å². The molecule has 2 heterocycles. The molecule has 1 fully saturated rings. The predicted octanol–water partition coefficient (Wildman–Crippen LogP) is 0.417. The smallest absolute Gasteiger partial charge is 0.274 e. The lowest BCUT2D eigenvalue weighted by Gasteiger charge is -2.35. The molecule has 2 rings (SSSR count). The summed E-state index contributed by atoms with van der Waals surface area (Å²) in [7, 11) is 0. The molecule has 1 aliphatic heterocycles. The maximum atomic E-state index is 12.1. The molecule has 6 nitrogen and oxygen atoms in total. The molecule has 0 bridgehead atoms. The fraction of sp³-hybridized carbons (Fsp3) is 0.538. The van der Waals surface area contributed by atoms with Crippen LogP contribution in [0.25, 0.3) is 0 Å². The standard InChI is InChI=1S/C13H18N4O2/c1-10(2)12(18)16-5-7-17(8-6-16)13(19)11-9-14-3-4-15-11/h3-4,9-10H,5-8H2,1-2H3. The summed E-state index contributed by atoms with van der Waals surface area (Å²) in [4.78, 5) is 35.4. The van der Waals surface area contributed by atoms with Crippen LogP contribution in [0.3, 0.4) is 0 Å². The van der Waals surface area contributed by atoms with E-state index in [9.17, 15) is 9.59 Å². The highest BCUT2D eigenvalue weighted by Crippen LogP contribution is 2.09. The zero-order valence-electron chi connectivity index (χ0n) is 11.2. The van der Waals surface area contributed by atoms with Gasteiger partial charge in [-0.1, -0.05) is 13.8 Å². The first-order chi connectivity index (χ1) is 9.09. The minimum Gasteiger partial charge on any atom is -0.339 e. The molecule has 0 N–H and O–H groups in total. The van der Waals surface area contributed by atoms with Crippen molar-refractivity contribution in [1.82, 2.24) is 19.8 Å². The zero-order chi connectivity index (χ0) is 13.8. The molecule has 1 aromatic heterocycles. The van der Waals surface area contributed by atoms with Gasteiger partial charge in [-0.2, -0.15) is 0 Å². The van der Waals surface area contributed by atoms with Gasteiger partial charge in [0.05, 0.1) is 6.20 Å². The molecular formula is C13H18N4O2. The van der Waals surface area contributed by atoms with Crippen molar-refractivity contribution < 1.29 is 9.59 Å². The van der Waals surface area contributed by atoms with Crippen LogP contribution in [0.2, 0.25) is 0 Å². The van der Waals surface area contributed by atoms with E-state index in [4.69, 9.17) is 0 Å². The fourth-order valence-electron chi connectivity index (χ4n) is 2.07. The van der Waals surface area contributed by atoms with Gasteiger partial charge in [0.15, 0.2) is 0 Å². The van der Waals surface area contributed by atoms with E-state index in [2.05, 4.69) is 9.97 Å². The van der Waals surface area contributed by atoms with Crippen LogP contribution in [0.1, 0.15) is 24.3 Å². The minimum atomic E-state index is -0.121. The van der Waals surface area contributed by atoms with Crippen LogP contribution in [0.15, 0.2) is 18.6 Å². The van der Waals surface area contributed by atoms with Crippen molar-refractivity contribution in [3.8, 4) is 0 Å². The third-order valence-corrected chi connectivity index (χ3v) is 3.15. The number of rotatable bonds is 2. The Morgan fingerprint density at radius 1 is 1.11 bits per heavy atom. The van der Waals surface area contributed by atoms with Gasteiger partial charge in [-0.3, -0.25) is 14.6 Å². The van der Waals surface area contributed by atoms with Crippen molar-refractivity contribution >= 4 is 11.8 Å². The SMILES string of the molecule is CC(C)C(=O)N1CCN(C(=O)c2cnccn2)CC1. The average molecular weight is 262 g/mol. The number of carbonyl (C=O) groups excluding carboxylic acids is 2. The number of hydrogen-bond acceptors (Lipinski definition) is 4. The van der Waals surface area contributed by atoms with E-state index in [1.165, 1.54) is 18.6 Å². The summed E-state index contributed by atoms with van der Waals surface area (Å²) in [6.45, 7) is 6.05. The second-order valence-electron chi connectivity index (χ2n) is 4.86. The van der Waals surface area contributed by atoms with Crippen LogP contribution >= 0.6 is 0 Å². The molecule has 2 amide bonds. The molecule has 0 saturated carbocycles. The number of nitrogens with zero attached hydrogens (tertiary/aromatic N) is 4. The van der Waals surface area contributed by atoms with E-state index >= 15 is 0 Å². The van der Waals surface area contributed by atoms with Crippen molar-refractivity contribution in [3.63, 3.8) is 0 Å². The van der Waals surface area contributed by atoms with Crippen molar-refractivity contribution in [2.45, 2.75) is 13.8 Å². The van der Waals surface area contributed by atoms with E-state index < -0.39 is 0 Å². The number of piperazine rings is 1. The van der Waals surface area contributed by atoms with Crippen molar-refractivity contribution in [1.29, 1.82) is 0 Å². The number of hydrogen-bond donors (Lipinski definition) is 0. The summed E-state index contributed by atoms with van der Waals surface area (Å²) in [6.07, 6.45) is 4.51. The number of aromatic nitrogens is 2. The average Bonchev–Trinajstić information content (AvgIpc) is 2.46. The second-order valence-corrected chi connectivity index (χ2v) is 4.86. The van der Waals surface area contributed by atoms with E-state index in [1.807, 2.05) is 18.7 Å². The molecule has 1 aromatic rings. The van der Waals surface area contributed by atoms with Crippen molar-refractivity contribution in [2.24, 2.45) is 5.92 Å². The van der Waals surface area contributed by atoms with Gasteiger partial charge < -0.3 is 9.80 Å². The fourth-order valence-corrected chi connectivity index (χ4v) is 2.07. The molecular weight excluding hydrogens is 244 g/mol. The van der Waals surface area contributed by atoms with Gasteiger partial charge >= 0.3 is 0 Å². The first kappa shape index (κ1) is 13.5. The van der Waals surface area contributed by atoms with E-state index in [1.54, 1.807) is 4.90 Å². The minimum absolute atomic E-state index is 0.00208. The van der Waals surface area contributed by atoms with Gasteiger partial charge in [0.2, 0.25) is 5.91 Å². The summed E-state index contributed by atoms with van der Waals surface area (Å²) < 4.78 is 0. The normalized spacial score (nSPS) is 15.7. The summed E-state index contributed by atoms with van der Waals surface area (Å²) in [5.74, 6) is 0.0265. The molecule has 0 aromatic carbocycles. The van der Waals surface area contributed by atoms with Gasteiger partial charge in [-0.15, -0.1) is 0 Å². The molecule has 102 valence electrons. The first-order valence-electron chi connectivity index (χ1n) is 6.43. The van der Waals surface area contributed by atoms with E-state index in [0.29, 0.717) is 31.9 Å². The summed E-state index contributed by atoms with van der Waals surface area (Å²) in [6, 6.07) is 0. The van der Waals surface area contributed by atoms with Gasteiger partial charge in [-0.05, 0) is 0 Å². The van der Waals surface area contributed by atoms with Gasteiger partial charge in [-0.25, -0.2) is 4.98 Å². The molecule has 6 heteroatoms. The maximum absolute atomic E-state index is 12.1. The third kappa shape index (κ3) is 3.07. The van der Waals surface area contributed by atoms with Crippen LogP contribution in [-0.4, -0.2) is 57.8 Å². The predicted molar refractivity (Wildman–Crippen MR) is 69.4 cm³/mol. The summed E-state index contributed by atoms with van der Waals surface area (Å²) in [5.41, 5.74) is 0.353. The maximum Gasteiger partial charge on any atom is 0.274 e. The Labute approximate surface area is 112 Å². The van der Waals surface area contributed by atoms with E-state index in [-0.39, 0.29) is 17.7 Å². The van der Waals surface area contributed by atoms with Crippen molar-refractivity contribution in [2.75, 3.05) is 26.2 Å². The van der Waals surface area contributed by atoms with Crippen molar-refractivity contribution in [3.05, 3.63) is 24.3 Å². The highest BCUT2D eigenvalue weighted by Gasteiger charge is 2.26. The Morgan fingerprint density at radius 3 is 2.26 bits per heavy atom. The van der Waals surface area contributed by atoms with Gasteiger partial charge in [0.1, 0.15) is 5.69 Å². The Hall–Kier alpha value is -1.98. The lowest BCUT2D eigenvalue weighted by molar-refractivity contribution is -0.135. The van der Waals surface area contributed by atoms with Gasteiger partial charge in [0.25, 0.3) is 5.91 Å². The highest BCUT2D eigenvalue weighted by atomic mass is 16.2. The molecule has 1 saturated heterocycles.